The molecule has 0 radical (unpaired) electrons. The van der Waals surface area contributed by atoms with Crippen LogP contribution in [0.25, 0.3) is 23.4 Å². The van der Waals surface area contributed by atoms with Gasteiger partial charge in [0.25, 0.3) is 0 Å². The van der Waals surface area contributed by atoms with Crippen LogP contribution < -0.4 is 4.74 Å². The van der Waals surface area contributed by atoms with E-state index >= 15 is 0 Å². The molecule has 0 amide bonds. The smallest absolute Gasteiger partial charge is 0.123 e. The Kier molecular flexibility index (Phi) is 4.88. The van der Waals surface area contributed by atoms with Crippen molar-refractivity contribution in [2.45, 2.75) is 0 Å². The SMILES string of the molecule is COc1cccc(/C=C/c2nc(-c3ccc(F)cc3)c(Br)s2)c1. The van der Waals surface area contributed by atoms with Crippen LogP contribution in [0.3, 0.4) is 0 Å². The van der Waals surface area contributed by atoms with Crippen LogP contribution >= 0.6 is 27.3 Å². The van der Waals surface area contributed by atoms with Crippen LogP contribution in [-0.4, -0.2) is 12.1 Å². The second-order valence-electron chi connectivity index (χ2n) is 4.79. The van der Waals surface area contributed by atoms with E-state index in [2.05, 4.69) is 20.9 Å². The molecule has 23 heavy (non-hydrogen) atoms. The predicted molar refractivity (Wildman–Crippen MR) is 97.1 cm³/mol. The van der Waals surface area contributed by atoms with Crippen LogP contribution in [0.2, 0.25) is 0 Å². The summed E-state index contributed by atoms with van der Waals surface area (Å²) >= 11 is 5.07. The highest BCUT2D eigenvalue weighted by atomic mass is 79.9. The Labute approximate surface area is 146 Å². The Morgan fingerprint density at radius 3 is 2.65 bits per heavy atom. The highest BCUT2D eigenvalue weighted by Crippen LogP contribution is 2.33. The number of rotatable bonds is 4. The third-order valence-electron chi connectivity index (χ3n) is 3.23. The van der Waals surface area contributed by atoms with Crippen molar-refractivity contribution in [2.24, 2.45) is 0 Å². The molecule has 2 aromatic carbocycles. The van der Waals surface area contributed by atoms with Gasteiger partial charge in [0.15, 0.2) is 0 Å². The molecule has 116 valence electrons. The molecular weight excluding hydrogens is 377 g/mol. The van der Waals surface area contributed by atoms with E-state index in [0.29, 0.717) is 0 Å². The fourth-order valence-electron chi connectivity index (χ4n) is 2.09. The second-order valence-corrected chi connectivity index (χ2v) is 7.14. The molecule has 3 aromatic rings. The van der Waals surface area contributed by atoms with E-state index in [0.717, 1.165) is 31.4 Å². The first-order valence-electron chi connectivity index (χ1n) is 6.90. The molecule has 0 aliphatic heterocycles. The summed E-state index contributed by atoms with van der Waals surface area (Å²) in [4.78, 5) is 4.60. The summed E-state index contributed by atoms with van der Waals surface area (Å²) in [7, 11) is 1.65. The summed E-state index contributed by atoms with van der Waals surface area (Å²) in [6, 6.07) is 14.1. The molecule has 5 heteroatoms. The minimum Gasteiger partial charge on any atom is -0.497 e. The van der Waals surface area contributed by atoms with E-state index in [-0.39, 0.29) is 5.82 Å². The Hall–Kier alpha value is -1.98. The zero-order valence-corrected chi connectivity index (χ0v) is 14.7. The van der Waals surface area contributed by atoms with Crippen molar-refractivity contribution in [3.05, 3.63) is 68.7 Å². The maximum atomic E-state index is 13.0. The number of methoxy groups -OCH3 is 1. The van der Waals surface area contributed by atoms with Gasteiger partial charge in [0.1, 0.15) is 16.6 Å². The number of halogens is 2. The molecule has 0 fully saturated rings. The normalized spacial score (nSPS) is 11.1. The quantitative estimate of drug-likeness (QED) is 0.554. The summed E-state index contributed by atoms with van der Waals surface area (Å²) in [5, 5.41) is 0.874. The van der Waals surface area contributed by atoms with Crippen LogP contribution in [0.15, 0.2) is 52.3 Å². The van der Waals surface area contributed by atoms with Gasteiger partial charge < -0.3 is 4.74 Å². The van der Waals surface area contributed by atoms with Crippen molar-refractivity contribution in [2.75, 3.05) is 7.11 Å². The molecule has 3 rings (SSSR count). The van der Waals surface area contributed by atoms with E-state index < -0.39 is 0 Å². The molecule has 0 saturated heterocycles. The minimum absolute atomic E-state index is 0.252. The van der Waals surface area contributed by atoms with Gasteiger partial charge in [0, 0.05) is 5.56 Å². The summed E-state index contributed by atoms with van der Waals surface area (Å²) in [6.45, 7) is 0. The van der Waals surface area contributed by atoms with Crippen LogP contribution in [0.1, 0.15) is 10.6 Å². The molecule has 0 saturated carbocycles. The third-order valence-corrected chi connectivity index (χ3v) is 4.90. The highest BCUT2D eigenvalue weighted by Gasteiger charge is 2.09. The fourth-order valence-corrected chi connectivity index (χ4v) is 3.62. The lowest BCUT2D eigenvalue weighted by molar-refractivity contribution is 0.414. The van der Waals surface area contributed by atoms with Crippen LogP contribution in [0, 0.1) is 5.82 Å². The van der Waals surface area contributed by atoms with E-state index in [1.54, 1.807) is 19.2 Å². The lowest BCUT2D eigenvalue weighted by Crippen LogP contribution is -1.82. The summed E-state index contributed by atoms with van der Waals surface area (Å²) in [6.07, 6.45) is 3.94. The lowest BCUT2D eigenvalue weighted by atomic mass is 10.2. The van der Waals surface area contributed by atoms with Crippen molar-refractivity contribution in [1.82, 2.24) is 4.98 Å². The van der Waals surface area contributed by atoms with Crippen molar-refractivity contribution in [3.8, 4) is 17.0 Å². The molecule has 1 heterocycles. The number of ether oxygens (including phenoxy) is 1. The number of nitrogens with zero attached hydrogens (tertiary/aromatic N) is 1. The van der Waals surface area contributed by atoms with Gasteiger partial charge in [-0.15, -0.1) is 11.3 Å². The number of benzene rings is 2. The molecule has 0 aliphatic carbocycles. The van der Waals surface area contributed by atoms with Gasteiger partial charge in [-0.3, -0.25) is 0 Å². The number of thiazole rings is 1. The largest absolute Gasteiger partial charge is 0.497 e. The third kappa shape index (κ3) is 3.86. The molecule has 0 bridgehead atoms. The summed E-state index contributed by atoms with van der Waals surface area (Å²) < 4.78 is 19.2. The maximum Gasteiger partial charge on any atom is 0.123 e. The standard InChI is InChI=1S/C18H13BrFNOS/c1-22-15-4-2-3-12(11-15)5-10-16-21-17(18(19)23-16)13-6-8-14(20)9-7-13/h2-11H,1H3/b10-5+. The molecular formula is C18H13BrFNOS. The monoisotopic (exact) mass is 389 g/mol. The average molecular weight is 390 g/mol. The molecule has 0 spiro atoms. The molecule has 0 N–H and O–H groups in total. The van der Waals surface area contributed by atoms with Crippen LogP contribution in [0.4, 0.5) is 4.39 Å². The lowest BCUT2D eigenvalue weighted by Gasteiger charge is -1.99. The minimum atomic E-state index is -0.252. The second kappa shape index (κ2) is 7.06. The van der Waals surface area contributed by atoms with E-state index in [1.807, 2.05) is 36.4 Å². The van der Waals surface area contributed by atoms with Gasteiger partial charge in [-0.1, -0.05) is 18.2 Å². The zero-order chi connectivity index (χ0) is 16.2. The van der Waals surface area contributed by atoms with Crippen molar-refractivity contribution in [3.63, 3.8) is 0 Å². The van der Waals surface area contributed by atoms with Gasteiger partial charge >= 0.3 is 0 Å². The van der Waals surface area contributed by atoms with E-state index in [9.17, 15) is 4.39 Å². The Balaban J connectivity index is 1.85. The first kappa shape index (κ1) is 15.9. The van der Waals surface area contributed by atoms with Crippen molar-refractivity contribution >= 4 is 39.4 Å². The van der Waals surface area contributed by atoms with Crippen LogP contribution in [-0.2, 0) is 0 Å². The van der Waals surface area contributed by atoms with Gasteiger partial charge in [-0.25, -0.2) is 9.37 Å². The highest BCUT2D eigenvalue weighted by molar-refractivity contribution is 9.11. The summed E-state index contributed by atoms with van der Waals surface area (Å²) in [5.41, 5.74) is 2.75. The number of aromatic nitrogens is 1. The Bertz CT molecular complexity index is 842. The molecule has 0 atom stereocenters. The fraction of sp³-hybridized carbons (Fsp3) is 0.0556. The van der Waals surface area contributed by atoms with Gasteiger partial charge in [0.2, 0.25) is 0 Å². The first-order valence-corrected chi connectivity index (χ1v) is 8.51. The van der Waals surface area contributed by atoms with Gasteiger partial charge in [-0.2, -0.15) is 0 Å². The van der Waals surface area contributed by atoms with Gasteiger partial charge in [-0.05, 0) is 64.0 Å². The maximum absolute atomic E-state index is 13.0. The molecule has 0 unspecified atom stereocenters. The Morgan fingerprint density at radius 2 is 1.91 bits per heavy atom. The van der Waals surface area contributed by atoms with Crippen molar-refractivity contribution < 1.29 is 9.13 Å². The molecule has 0 aliphatic rings. The van der Waals surface area contributed by atoms with E-state index in [4.69, 9.17) is 4.74 Å². The van der Waals surface area contributed by atoms with Gasteiger partial charge in [0.05, 0.1) is 16.6 Å². The predicted octanol–water partition coefficient (Wildman–Crippen LogP) is 5.89. The first-order chi connectivity index (χ1) is 11.2. The van der Waals surface area contributed by atoms with Crippen molar-refractivity contribution in [1.29, 1.82) is 0 Å². The Morgan fingerprint density at radius 1 is 1.13 bits per heavy atom. The number of hydrogen-bond acceptors (Lipinski definition) is 3. The topological polar surface area (TPSA) is 22.1 Å². The molecule has 2 nitrogen and oxygen atoms in total. The van der Waals surface area contributed by atoms with Crippen LogP contribution in [0.5, 0.6) is 5.75 Å². The summed E-state index contributed by atoms with van der Waals surface area (Å²) in [5.74, 6) is 0.567. The van der Waals surface area contributed by atoms with E-state index in [1.165, 1.54) is 23.5 Å². The molecule has 1 aromatic heterocycles. The average Bonchev–Trinajstić information content (AvgIpc) is 2.95. The number of hydrogen-bond donors (Lipinski definition) is 0. The zero-order valence-electron chi connectivity index (χ0n) is 12.3.